The van der Waals surface area contributed by atoms with E-state index in [1.807, 2.05) is 30.5 Å². The fourth-order valence-corrected chi connectivity index (χ4v) is 5.97. The highest BCUT2D eigenvalue weighted by molar-refractivity contribution is 9.10. The van der Waals surface area contributed by atoms with Gasteiger partial charge in [-0.1, -0.05) is 83.7 Å². The van der Waals surface area contributed by atoms with E-state index in [2.05, 4.69) is 76.0 Å². The zero-order valence-electron chi connectivity index (χ0n) is 20.9. The zero-order valence-corrected chi connectivity index (χ0v) is 22.5. The zero-order chi connectivity index (χ0) is 25.4. The molecule has 0 unspecified atom stereocenters. The van der Waals surface area contributed by atoms with E-state index in [1.54, 1.807) is 4.68 Å². The molecular weight excluding hydrogens is 524 g/mol. The molecule has 0 amide bonds. The first-order valence-electron chi connectivity index (χ1n) is 13.0. The molecule has 5 nitrogen and oxygen atoms in total. The van der Waals surface area contributed by atoms with Crippen LogP contribution in [-0.2, 0) is 6.54 Å². The van der Waals surface area contributed by atoms with Crippen LogP contribution >= 0.6 is 15.9 Å². The normalized spacial score (nSPS) is 14.8. The number of halogens is 1. The monoisotopic (exact) mass is 552 g/mol. The van der Waals surface area contributed by atoms with Crippen LogP contribution < -0.4 is 5.56 Å². The quantitative estimate of drug-likeness (QED) is 0.213. The Morgan fingerprint density at radius 2 is 1.73 bits per heavy atom. The molecule has 0 saturated heterocycles. The summed E-state index contributed by atoms with van der Waals surface area (Å²) in [5.41, 5.74) is 5.17. The average Bonchev–Trinajstić information content (AvgIpc) is 3.20. The Kier molecular flexibility index (Phi) is 6.51. The van der Waals surface area contributed by atoms with Crippen molar-refractivity contribution in [1.82, 2.24) is 14.2 Å². The summed E-state index contributed by atoms with van der Waals surface area (Å²) in [4.78, 5) is 18.7. The van der Waals surface area contributed by atoms with Crippen LogP contribution in [0.3, 0.4) is 0 Å². The molecule has 0 bridgehead atoms. The lowest BCUT2D eigenvalue weighted by Gasteiger charge is -2.22. The summed E-state index contributed by atoms with van der Waals surface area (Å²) in [7, 11) is 0. The summed E-state index contributed by atoms with van der Waals surface area (Å²) >= 11 is 3.51. The molecule has 1 fully saturated rings. The number of hydrogen-bond donors (Lipinski definition) is 0. The summed E-state index contributed by atoms with van der Waals surface area (Å²) in [6.45, 7) is 2.91. The molecule has 1 aliphatic carbocycles. The first kappa shape index (κ1) is 23.9. The van der Waals surface area contributed by atoms with Crippen molar-refractivity contribution < 1.29 is 0 Å². The molecule has 0 N–H and O–H groups in total. The molecule has 1 saturated carbocycles. The first-order valence-corrected chi connectivity index (χ1v) is 13.8. The lowest BCUT2D eigenvalue weighted by atomic mass is 9.88. The molecule has 2 heterocycles. The molecule has 6 heteroatoms. The van der Waals surface area contributed by atoms with E-state index in [0.29, 0.717) is 5.39 Å². The number of fused-ring (bicyclic) bond motifs is 2. The molecule has 3 aromatic carbocycles. The number of hydrogen-bond acceptors (Lipinski definition) is 3. The number of benzene rings is 3. The van der Waals surface area contributed by atoms with E-state index in [9.17, 15) is 4.79 Å². The van der Waals surface area contributed by atoms with Crippen molar-refractivity contribution in [1.29, 1.82) is 0 Å². The third kappa shape index (κ3) is 4.55. The molecule has 37 heavy (non-hydrogen) atoms. The highest BCUT2D eigenvalue weighted by Crippen LogP contribution is 2.32. The van der Waals surface area contributed by atoms with E-state index in [4.69, 9.17) is 10.1 Å². The van der Waals surface area contributed by atoms with Gasteiger partial charge in [-0.15, -0.1) is 0 Å². The van der Waals surface area contributed by atoms with Crippen LogP contribution in [0, 0.1) is 6.92 Å². The minimum absolute atomic E-state index is 0.117. The van der Waals surface area contributed by atoms with Gasteiger partial charge in [0.05, 0.1) is 17.1 Å². The molecule has 0 aliphatic heterocycles. The third-order valence-electron chi connectivity index (χ3n) is 7.57. The van der Waals surface area contributed by atoms with Gasteiger partial charge in [0, 0.05) is 39.1 Å². The van der Waals surface area contributed by atoms with Crippen molar-refractivity contribution in [2.24, 2.45) is 5.10 Å². The van der Waals surface area contributed by atoms with Crippen LogP contribution in [0.4, 0.5) is 0 Å². The number of rotatable bonds is 5. The Morgan fingerprint density at radius 1 is 0.973 bits per heavy atom. The van der Waals surface area contributed by atoms with Crippen molar-refractivity contribution in [3.05, 3.63) is 110 Å². The fourth-order valence-electron chi connectivity index (χ4n) is 5.61. The Bertz CT molecular complexity index is 1680. The Labute approximate surface area is 224 Å². The molecule has 5 aromatic rings. The highest BCUT2D eigenvalue weighted by Gasteiger charge is 2.23. The molecule has 0 spiro atoms. The van der Waals surface area contributed by atoms with E-state index in [0.717, 1.165) is 70.2 Å². The second-order valence-electron chi connectivity index (χ2n) is 9.92. The first-order chi connectivity index (χ1) is 18.1. The largest absolute Gasteiger partial charge is 0.340 e. The van der Waals surface area contributed by atoms with Crippen LogP contribution in [0.5, 0.6) is 0 Å². The molecule has 1 aliphatic rings. The van der Waals surface area contributed by atoms with Crippen molar-refractivity contribution in [2.75, 3.05) is 0 Å². The molecule has 0 radical (unpaired) electrons. The van der Waals surface area contributed by atoms with Gasteiger partial charge in [-0.2, -0.15) is 9.78 Å². The lowest BCUT2D eigenvalue weighted by Crippen LogP contribution is -2.25. The predicted molar refractivity (Wildman–Crippen MR) is 155 cm³/mol. The molecule has 2 aromatic heterocycles. The van der Waals surface area contributed by atoms with Gasteiger partial charge in [0.1, 0.15) is 5.82 Å². The minimum atomic E-state index is -0.117. The molecule has 186 valence electrons. The topological polar surface area (TPSA) is 52.2 Å². The highest BCUT2D eigenvalue weighted by atomic mass is 79.9. The Balaban J connectivity index is 1.50. The summed E-state index contributed by atoms with van der Waals surface area (Å²) in [5, 5.41) is 6.56. The average molecular weight is 554 g/mol. The Morgan fingerprint density at radius 3 is 2.54 bits per heavy atom. The standard InChI is InChI=1S/C31H29BrN4O/c1-21-27(25-14-8-9-15-29(25)35(21)20-22-10-4-2-5-11-22)19-33-36-30(23-12-6-3-7-13-23)34-28-17-16-24(32)18-26(28)31(36)37/h2,4-5,8-11,14-19,23H,3,6-7,12-13,20H2,1H3. The number of aromatic nitrogens is 3. The Hall–Kier alpha value is -3.51. The SMILES string of the molecule is Cc1c(C=Nn2c(C3CCCCC3)nc3ccc(Br)cc3c2=O)c2ccccc2n1Cc1ccccc1. The van der Waals surface area contributed by atoms with Crippen LogP contribution in [0.15, 0.2) is 87.2 Å². The maximum atomic E-state index is 13.7. The van der Waals surface area contributed by atoms with E-state index in [1.165, 1.54) is 12.0 Å². The number of nitrogens with zero attached hydrogens (tertiary/aromatic N) is 4. The third-order valence-corrected chi connectivity index (χ3v) is 8.06. The van der Waals surface area contributed by atoms with Gasteiger partial charge in [0.15, 0.2) is 0 Å². The van der Waals surface area contributed by atoms with Gasteiger partial charge in [0.2, 0.25) is 0 Å². The summed E-state index contributed by atoms with van der Waals surface area (Å²) in [5.74, 6) is 1.02. The van der Waals surface area contributed by atoms with Crippen LogP contribution in [0.2, 0.25) is 0 Å². The number of para-hydroxylation sites is 1. The van der Waals surface area contributed by atoms with Gasteiger partial charge in [-0.05, 0) is 49.6 Å². The summed E-state index contributed by atoms with van der Waals surface area (Å²) < 4.78 is 4.75. The van der Waals surface area contributed by atoms with Gasteiger partial charge in [-0.25, -0.2) is 4.98 Å². The van der Waals surface area contributed by atoms with Crippen LogP contribution in [-0.4, -0.2) is 20.4 Å². The second-order valence-corrected chi connectivity index (χ2v) is 10.8. The summed E-state index contributed by atoms with van der Waals surface area (Å²) in [6.07, 6.45) is 7.51. The van der Waals surface area contributed by atoms with E-state index in [-0.39, 0.29) is 11.5 Å². The lowest BCUT2D eigenvalue weighted by molar-refractivity contribution is 0.416. The van der Waals surface area contributed by atoms with E-state index >= 15 is 0 Å². The van der Waals surface area contributed by atoms with Crippen molar-refractivity contribution in [2.45, 2.75) is 51.5 Å². The molecule has 0 atom stereocenters. The van der Waals surface area contributed by atoms with Crippen LogP contribution in [0.1, 0.15) is 60.7 Å². The minimum Gasteiger partial charge on any atom is -0.340 e. The van der Waals surface area contributed by atoms with E-state index < -0.39 is 0 Å². The smallest absolute Gasteiger partial charge is 0.282 e. The van der Waals surface area contributed by atoms with Gasteiger partial charge in [0.25, 0.3) is 5.56 Å². The van der Waals surface area contributed by atoms with Crippen molar-refractivity contribution in [3.63, 3.8) is 0 Å². The van der Waals surface area contributed by atoms with Crippen molar-refractivity contribution >= 4 is 44.0 Å². The fraction of sp³-hybridized carbons (Fsp3) is 0.258. The van der Waals surface area contributed by atoms with Gasteiger partial charge in [-0.3, -0.25) is 4.79 Å². The van der Waals surface area contributed by atoms with Gasteiger partial charge < -0.3 is 4.57 Å². The van der Waals surface area contributed by atoms with Crippen LogP contribution in [0.25, 0.3) is 21.8 Å². The molecular formula is C31H29BrN4O. The maximum Gasteiger partial charge on any atom is 0.282 e. The second kappa shape index (κ2) is 10.1. The van der Waals surface area contributed by atoms with Gasteiger partial charge >= 0.3 is 0 Å². The maximum absolute atomic E-state index is 13.7. The molecule has 6 rings (SSSR count). The summed E-state index contributed by atoms with van der Waals surface area (Å²) in [6, 6.07) is 24.6. The predicted octanol–water partition coefficient (Wildman–Crippen LogP) is 7.40. The van der Waals surface area contributed by atoms with Crippen molar-refractivity contribution in [3.8, 4) is 0 Å².